The number of benzene rings is 1. The topological polar surface area (TPSA) is 51.4 Å². The van der Waals surface area contributed by atoms with E-state index in [0.29, 0.717) is 24.2 Å². The summed E-state index contributed by atoms with van der Waals surface area (Å²) in [5, 5.41) is 0.746. The van der Waals surface area contributed by atoms with Crippen LogP contribution in [0, 0.1) is 5.82 Å². The van der Waals surface area contributed by atoms with Crippen LogP contribution >= 0.6 is 11.3 Å². The molecule has 2 N–H and O–H groups in total. The number of likely N-dealkylation sites (N-methyl/N-ethyl adjacent to an activating group) is 1. The average molecular weight is 349 g/mol. The fraction of sp³-hybridized carbons (Fsp3) is 0.357. The van der Waals surface area contributed by atoms with Crippen LogP contribution in [0.2, 0.25) is 0 Å². The summed E-state index contributed by atoms with van der Waals surface area (Å²) in [4.78, 5) is 5.81. The van der Waals surface area contributed by atoms with Gasteiger partial charge in [-0.25, -0.2) is 9.37 Å². The van der Waals surface area contributed by atoms with Crippen LogP contribution in [0.4, 0.5) is 27.7 Å². The van der Waals surface area contributed by atoms with Gasteiger partial charge in [0.1, 0.15) is 16.5 Å². The Kier molecular flexibility index (Phi) is 5.10. The molecule has 0 aliphatic carbocycles. The van der Waals surface area contributed by atoms with Crippen molar-refractivity contribution in [2.45, 2.75) is 6.18 Å². The van der Waals surface area contributed by atoms with Crippen molar-refractivity contribution in [2.24, 2.45) is 0 Å². The predicted octanol–water partition coefficient (Wildman–Crippen LogP) is 3.63. The van der Waals surface area contributed by atoms with Crippen molar-refractivity contribution in [3.63, 3.8) is 0 Å². The zero-order valence-corrected chi connectivity index (χ0v) is 13.3. The van der Waals surface area contributed by atoms with Gasteiger partial charge in [-0.15, -0.1) is 0 Å². The molecule has 0 amide bonds. The van der Waals surface area contributed by atoms with Crippen LogP contribution < -0.4 is 10.6 Å². The molecule has 0 aliphatic heterocycles. The second-order valence-electron chi connectivity index (χ2n) is 4.85. The summed E-state index contributed by atoms with van der Waals surface area (Å²) < 4.78 is 57.1. The van der Waals surface area contributed by atoms with Gasteiger partial charge in [0.15, 0.2) is 5.13 Å². The highest BCUT2D eigenvalue weighted by molar-refractivity contribution is 7.19. The van der Waals surface area contributed by atoms with Crippen molar-refractivity contribution in [3.05, 3.63) is 29.6 Å². The minimum Gasteiger partial charge on any atom is -0.383 e. The maximum Gasteiger partial charge on any atom is 0.416 e. The molecule has 9 heteroatoms. The zero-order valence-electron chi connectivity index (χ0n) is 12.4. The number of thiazole rings is 1. The lowest BCUT2D eigenvalue weighted by Crippen LogP contribution is -2.21. The fourth-order valence-electron chi connectivity index (χ4n) is 1.99. The summed E-state index contributed by atoms with van der Waals surface area (Å²) in [6.07, 6.45) is -4.64. The van der Waals surface area contributed by atoms with E-state index in [1.165, 1.54) is 7.11 Å². The van der Waals surface area contributed by atoms with Gasteiger partial charge in [-0.05, 0) is 18.2 Å². The number of hydrogen-bond donors (Lipinski definition) is 1. The molecule has 0 saturated carbocycles. The van der Waals surface area contributed by atoms with Crippen molar-refractivity contribution >= 4 is 21.5 Å². The van der Waals surface area contributed by atoms with Crippen molar-refractivity contribution in [1.29, 1.82) is 0 Å². The number of methoxy groups -OCH3 is 1. The van der Waals surface area contributed by atoms with E-state index in [9.17, 15) is 17.6 Å². The molecule has 0 atom stereocenters. The monoisotopic (exact) mass is 349 g/mol. The van der Waals surface area contributed by atoms with Crippen LogP contribution in [-0.4, -0.2) is 32.3 Å². The highest BCUT2D eigenvalue weighted by Gasteiger charge is 2.32. The number of aromatic nitrogens is 1. The van der Waals surface area contributed by atoms with Crippen LogP contribution in [-0.2, 0) is 10.9 Å². The average Bonchev–Trinajstić information content (AvgIpc) is 2.85. The predicted molar refractivity (Wildman–Crippen MR) is 82.1 cm³/mol. The molecular weight excluding hydrogens is 334 g/mol. The lowest BCUT2D eigenvalue weighted by Gasteiger charge is -2.18. The number of alkyl halides is 3. The van der Waals surface area contributed by atoms with Crippen LogP contribution in [0.3, 0.4) is 0 Å². The first-order valence-electron chi connectivity index (χ1n) is 6.57. The molecule has 1 aromatic heterocycles. The Hall–Kier alpha value is -1.87. The smallest absolute Gasteiger partial charge is 0.383 e. The summed E-state index contributed by atoms with van der Waals surface area (Å²) in [7, 11) is 3.28. The van der Waals surface area contributed by atoms with Gasteiger partial charge in [0, 0.05) is 26.3 Å². The molecule has 23 heavy (non-hydrogen) atoms. The Morgan fingerprint density at radius 3 is 2.61 bits per heavy atom. The number of rotatable bonds is 5. The van der Waals surface area contributed by atoms with Gasteiger partial charge in [-0.1, -0.05) is 11.3 Å². The number of nitrogens with zero attached hydrogens (tertiary/aromatic N) is 2. The van der Waals surface area contributed by atoms with Crippen molar-refractivity contribution in [1.82, 2.24) is 4.98 Å². The molecule has 0 saturated heterocycles. The van der Waals surface area contributed by atoms with Gasteiger partial charge in [-0.3, -0.25) is 0 Å². The summed E-state index contributed by atoms with van der Waals surface area (Å²) in [6.45, 7) is 0.914. The van der Waals surface area contributed by atoms with Gasteiger partial charge in [-0.2, -0.15) is 13.2 Å². The van der Waals surface area contributed by atoms with Gasteiger partial charge >= 0.3 is 6.18 Å². The molecule has 1 heterocycles. The number of anilines is 2. The molecule has 0 aliphatic rings. The number of ether oxygens (including phenoxy) is 1. The molecule has 1 aromatic carbocycles. The second kappa shape index (κ2) is 6.71. The van der Waals surface area contributed by atoms with Gasteiger partial charge in [0.25, 0.3) is 0 Å². The van der Waals surface area contributed by atoms with Crippen molar-refractivity contribution < 1.29 is 22.3 Å². The maximum absolute atomic E-state index is 13.6. The number of halogens is 4. The first-order valence-corrected chi connectivity index (χ1v) is 7.38. The molecule has 126 valence electrons. The summed E-state index contributed by atoms with van der Waals surface area (Å²) in [6, 6.07) is 2.33. The Morgan fingerprint density at radius 1 is 1.30 bits per heavy atom. The lowest BCUT2D eigenvalue weighted by molar-refractivity contribution is -0.137. The molecule has 2 rings (SSSR count). The summed E-state index contributed by atoms with van der Waals surface area (Å²) >= 11 is 1.12. The largest absolute Gasteiger partial charge is 0.416 e. The maximum atomic E-state index is 13.6. The van der Waals surface area contributed by atoms with E-state index >= 15 is 0 Å². The van der Waals surface area contributed by atoms with Crippen LogP contribution in [0.1, 0.15) is 5.56 Å². The molecule has 0 spiro atoms. The quantitative estimate of drug-likeness (QED) is 0.838. The number of hydrogen-bond acceptors (Lipinski definition) is 5. The van der Waals surface area contributed by atoms with E-state index in [4.69, 9.17) is 10.5 Å². The third-order valence-corrected chi connectivity index (χ3v) is 4.10. The van der Waals surface area contributed by atoms with Gasteiger partial charge < -0.3 is 15.4 Å². The van der Waals surface area contributed by atoms with Crippen molar-refractivity contribution in [3.8, 4) is 11.3 Å². The van der Waals surface area contributed by atoms with E-state index in [1.54, 1.807) is 11.9 Å². The molecule has 2 aromatic rings. The fourth-order valence-corrected chi connectivity index (χ4v) is 2.84. The van der Waals surface area contributed by atoms with Crippen LogP contribution in [0.5, 0.6) is 0 Å². The summed E-state index contributed by atoms with van der Waals surface area (Å²) in [5.41, 5.74) is 4.86. The highest BCUT2D eigenvalue weighted by atomic mass is 32.1. The molecular formula is C14H15F4N3OS. The van der Waals surface area contributed by atoms with E-state index in [-0.39, 0.29) is 16.4 Å². The minimum atomic E-state index is -4.64. The molecule has 0 fully saturated rings. The summed E-state index contributed by atoms with van der Waals surface area (Å²) in [5.74, 6) is -0.980. The van der Waals surface area contributed by atoms with E-state index in [2.05, 4.69) is 4.98 Å². The van der Waals surface area contributed by atoms with E-state index in [1.807, 2.05) is 0 Å². The Labute approximate surface area is 134 Å². The van der Waals surface area contributed by atoms with Crippen LogP contribution in [0.25, 0.3) is 11.3 Å². The minimum absolute atomic E-state index is 0.0320. The van der Waals surface area contributed by atoms with E-state index in [0.717, 1.165) is 23.5 Å². The molecule has 4 nitrogen and oxygen atoms in total. The molecule has 0 radical (unpaired) electrons. The normalized spacial score (nSPS) is 11.7. The number of nitrogen functional groups attached to an aromatic ring is 1. The third-order valence-electron chi connectivity index (χ3n) is 3.10. The molecule has 0 bridgehead atoms. The Bertz CT molecular complexity index is 687. The molecule has 0 unspecified atom stereocenters. The zero-order chi connectivity index (χ0) is 17.2. The first kappa shape index (κ1) is 17.5. The van der Waals surface area contributed by atoms with E-state index < -0.39 is 17.6 Å². The highest BCUT2D eigenvalue weighted by Crippen LogP contribution is 2.39. The third kappa shape index (κ3) is 4.11. The van der Waals surface area contributed by atoms with Gasteiger partial charge in [0.05, 0.1) is 12.2 Å². The van der Waals surface area contributed by atoms with Gasteiger partial charge in [0.2, 0.25) is 0 Å². The van der Waals surface area contributed by atoms with Crippen LogP contribution in [0.15, 0.2) is 18.2 Å². The lowest BCUT2D eigenvalue weighted by atomic mass is 10.1. The Morgan fingerprint density at radius 2 is 2.00 bits per heavy atom. The first-order chi connectivity index (χ1) is 10.7. The SMILES string of the molecule is COCCN(C)c1sc(N)nc1-c1cc(F)cc(C(F)(F)F)c1. The van der Waals surface area contributed by atoms with Crippen molar-refractivity contribution in [2.75, 3.05) is 37.9 Å². The second-order valence-corrected chi connectivity index (χ2v) is 5.86. The Balaban J connectivity index is 2.48. The number of nitrogens with two attached hydrogens (primary N) is 1. The standard InChI is InChI=1S/C14H15F4N3OS/c1-21(3-4-22-2)12-11(20-13(19)23-12)8-5-9(14(16,17)18)7-10(15)6-8/h5-7H,3-4H2,1-2H3,(H2,19,20).